The van der Waals surface area contributed by atoms with E-state index in [0.29, 0.717) is 17.8 Å². The second kappa shape index (κ2) is 9.89. The van der Waals surface area contributed by atoms with E-state index in [4.69, 9.17) is 14.8 Å². The molecule has 0 aliphatic carbocycles. The Morgan fingerprint density at radius 1 is 1.00 bits per heavy atom. The van der Waals surface area contributed by atoms with Gasteiger partial charge in [-0.05, 0) is 57.5 Å². The lowest BCUT2D eigenvalue weighted by Crippen LogP contribution is -2.14. The van der Waals surface area contributed by atoms with Gasteiger partial charge in [-0.1, -0.05) is 30.3 Å². The number of fused-ring (bicyclic) bond motifs is 1. The van der Waals surface area contributed by atoms with Crippen LogP contribution in [0.25, 0.3) is 22.2 Å². The van der Waals surface area contributed by atoms with Crippen molar-refractivity contribution >= 4 is 22.5 Å². The van der Waals surface area contributed by atoms with E-state index in [0.717, 1.165) is 57.1 Å². The molecule has 3 aromatic heterocycles. The van der Waals surface area contributed by atoms with Gasteiger partial charge >= 0.3 is 0 Å². The predicted molar refractivity (Wildman–Crippen MR) is 145 cm³/mol. The van der Waals surface area contributed by atoms with Crippen LogP contribution in [0.1, 0.15) is 39.9 Å². The molecular formula is C29H30N6O2. The molecule has 37 heavy (non-hydrogen) atoms. The second-order valence-electron chi connectivity index (χ2n) is 9.04. The lowest BCUT2D eigenvalue weighted by Gasteiger charge is -2.11. The van der Waals surface area contributed by atoms with Crippen LogP contribution < -0.4 is 10.1 Å². The number of benzene rings is 2. The third-order valence-electron chi connectivity index (χ3n) is 6.73. The molecule has 1 amide bonds. The van der Waals surface area contributed by atoms with Gasteiger partial charge < -0.3 is 10.1 Å². The summed E-state index contributed by atoms with van der Waals surface area (Å²) in [6.45, 7) is 9.28. The highest BCUT2D eigenvalue weighted by Gasteiger charge is 2.20. The third kappa shape index (κ3) is 4.58. The molecule has 2 aromatic carbocycles. The van der Waals surface area contributed by atoms with E-state index in [1.54, 1.807) is 7.11 Å². The quantitative estimate of drug-likeness (QED) is 0.321. The van der Waals surface area contributed by atoms with Crippen molar-refractivity contribution in [3.8, 4) is 17.0 Å². The van der Waals surface area contributed by atoms with Gasteiger partial charge in [-0.15, -0.1) is 0 Å². The Kier molecular flexibility index (Phi) is 6.48. The number of hydrogen-bond donors (Lipinski definition) is 1. The maximum absolute atomic E-state index is 13.7. The van der Waals surface area contributed by atoms with Gasteiger partial charge in [-0.25, -0.2) is 4.98 Å². The van der Waals surface area contributed by atoms with Crippen LogP contribution in [0.3, 0.4) is 0 Å². The first-order valence-electron chi connectivity index (χ1n) is 12.3. The Balaban J connectivity index is 1.50. The average Bonchev–Trinajstić information content (AvgIpc) is 3.41. The van der Waals surface area contributed by atoms with Gasteiger partial charge in [-0.3, -0.25) is 14.2 Å². The summed E-state index contributed by atoms with van der Waals surface area (Å²) >= 11 is 0. The smallest absolute Gasteiger partial charge is 0.256 e. The molecule has 0 spiro atoms. The van der Waals surface area contributed by atoms with Gasteiger partial charge in [-0.2, -0.15) is 10.2 Å². The topological polar surface area (TPSA) is 86.9 Å². The van der Waals surface area contributed by atoms with Gasteiger partial charge in [0.1, 0.15) is 5.75 Å². The lowest BCUT2D eigenvalue weighted by molar-refractivity contribution is 0.102. The number of ether oxygens (including phenoxy) is 1. The summed E-state index contributed by atoms with van der Waals surface area (Å²) in [5.74, 6) is 0.597. The van der Waals surface area contributed by atoms with Gasteiger partial charge in [0.05, 0.1) is 53.7 Å². The molecule has 0 atom stereocenters. The summed E-state index contributed by atoms with van der Waals surface area (Å²) in [4.78, 5) is 18.5. The first kappa shape index (κ1) is 24.2. The first-order chi connectivity index (χ1) is 17.9. The summed E-state index contributed by atoms with van der Waals surface area (Å²) in [6, 6.07) is 17.5. The number of rotatable bonds is 7. The number of aromatic nitrogens is 5. The van der Waals surface area contributed by atoms with Crippen molar-refractivity contribution in [1.82, 2.24) is 24.5 Å². The molecule has 0 radical (unpaired) electrons. The van der Waals surface area contributed by atoms with Crippen LogP contribution in [0.15, 0.2) is 60.8 Å². The molecule has 0 unspecified atom stereocenters. The van der Waals surface area contributed by atoms with E-state index in [9.17, 15) is 4.79 Å². The Morgan fingerprint density at radius 3 is 2.57 bits per heavy atom. The molecule has 0 fully saturated rings. The molecule has 3 heterocycles. The SMILES string of the molecule is CCn1ncc(-c2cc(C(=O)Nc3c(C)nn(Cc4cccc(OC)c4)c3C)c3ccccc3n2)c1C. The van der Waals surface area contributed by atoms with Crippen LogP contribution in [-0.2, 0) is 13.1 Å². The Morgan fingerprint density at radius 2 is 1.81 bits per heavy atom. The highest BCUT2D eigenvalue weighted by Crippen LogP contribution is 2.29. The number of carbonyl (C=O) groups is 1. The fraction of sp³-hybridized carbons (Fsp3) is 0.241. The standard InChI is InChI=1S/C29H30N6O2/c1-6-34-19(3)25(16-30-34)27-15-24(23-12-7-8-13-26(23)31-27)29(36)32-28-18(2)33-35(20(28)4)17-21-10-9-11-22(14-21)37-5/h7-16H,6,17H2,1-5H3,(H,32,36). The monoisotopic (exact) mass is 494 g/mol. The molecule has 0 saturated heterocycles. The minimum absolute atomic E-state index is 0.201. The van der Waals surface area contributed by atoms with E-state index >= 15 is 0 Å². The number of nitrogens with zero attached hydrogens (tertiary/aromatic N) is 5. The number of hydrogen-bond acceptors (Lipinski definition) is 5. The average molecular weight is 495 g/mol. The number of amides is 1. The number of pyridine rings is 1. The Hall–Kier alpha value is -4.46. The molecule has 5 aromatic rings. The summed E-state index contributed by atoms with van der Waals surface area (Å²) in [5, 5.41) is 13.1. The number of para-hydroxylation sites is 1. The lowest BCUT2D eigenvalue weighted by atomic mass is 10.0. The molecule has 188 valence electrons. The molecule has 8 heteroatoms. The van der Waals surface area contributed by atoms with Crippen molar-refractivity contribution < 1.29 is 9.53 Å². The Labute approximate surface area is 215 Å². The predicted octanol–water partition coefficient (Wildman–Crippen LogP) is 5.55. The summed E-state index contributed by atoms with van der Waals surface area (Å²) in [6.07, 6.45) is 1.81. The van der Waals surface area contributed by atoms with E-state index in [1.807, 2.05) is 90.9 Å². The largest absolute Gasteiger partial charge is 0.497 e. The highest BCUT2D eigenvalue weighted by atomic mass is 16.5. The van der Waals surface area contributed by atoms with Crippen molar-refractivity contribution in [2.45, 2.75) is 40.8 Å². The fourth-order valence-electron chi connectivity index (χ4n) is 4.67. The van der Waals surface area contributed by atoms with Crippen molar-refractivity contribution in [2.75, 3.05) is 12.4 Å². The maximum atomic E-state index is 13.7. The normalized spacial score (nSPS) is 11.2. The van der Waals surface area contributed by atoms with E-state index in [-0.39, 0.29) is 5.91 Å². The number of nitrogens with one attached hydrogen (secondary N) is 1. The number of aryl methyl sites for hydroxylation is 2. The van der Waals surface area contributed by atoms with Gasteiger partial charge in [0, 0.05) is 23.2 Å². The maximum Gasteiger partial charge on any atom is 0.256 e. The number of anilines is 1. The van der Waals surface area contributed by atoms with E-state index < -0.39 is 0 Å². The molecule has 0 aliphatic rings. The number of carbonyl (C=O) groups excluding carboxylic acids is 1. The summed E-state index contributed by atoms with van der Waals surface area (Å²) in [5.41, 5.74) is 7.39. The molecule has 0 aliphatic heterocycles. The van der Waals surface area contributed by atoms with Crippen molar-refractivity contribution in [2.24, 2.45) is 0 Å². The summed E-state index contributed by atoms with van der Waals surface area (Å²) < 4.78 is 9.18. The van der Waals surface area contributed by atoms with Gasteiger partial charge in [0.2, 0.25) is 0 Å². The molecule has 0 saturated carbocycles. The number of methoxy groups -OCH3 is 1. The second-order valence-corrected chi connectivity index (χ2v) is 9.04. The van der Waals surface area contributed by atoms with Crippen LogP contribution in [0.2, 0.25) is 0 Å². The zero-order valence-electron chi connectivity index (χ0n) is 21.7. The minimum Gasteiger partial charge on any atom is -0.497 e. The molecule has 1 N–H and O–H groups in total. The highest BCUT2D eigenvalue weighted by molar-refractivity contribution is 6.13. The van der Waals surface area contributed by atoms with Crippen LogP contribution in [0, 0.1) is 20.8 Å². The first-order valence-corrected chi connectivity index (χ1v) is 12.3. The minimum atomic E-state index is -0.201. The van der Waals surface area contributed by atoms with Crippen LogP contribution in [0.5, 0.6) is 5.75 Å². The third-order valence-corrected chi connectivity index (χ3v) is 6.73. The van der Waals surface area contributed by atoms with Crippen LogP contribution in [0.4, 0.5) is 5.69 Å². The van der Waals surface area contributed by atoms with Crippen molar-refractivity contribution in [1.29, 1.82) is 0 Å². The van der Waals surface area contributed by atoms with Crippen molar-refractivity contribution in [3.63, 3.8) is 0 Å². The van der Waals surface area contributed by atoms with Crippen LogP contribution in [-0.4, -0.2) is 37.6 Å². The molecular weight excluding hydrogens is 464 g/mol. The fourth-order valence-corrected chi connectivity index (χ4v) is 4.67. The van der Waals surface area contributed by atoms with Crippen molar-refractivity contribution in [3.05, 3.63) is 89.0 Å². The molecule has 8 nitrogen and oxygen atoms in total. The van der Waals surface area contributed by atoms with E-state index in [2.05, 4.69) is 17.3 Å². The van der Waals surface area contributed by atoms with Gasteiger partial charge in [0.15, 0.2) is 0 Å². The van der Waals surface area contributed by atoms with Gasteiger partial charge in [0.25, 0.3) is 5.91 Å². The molecule has 0 bridgehead atoms. The van der Waals surface area contributed by atoms with Crippen LogP contribution >= 0.6 is 0 Å². The summed E-state index contributed by atoms with van der Waals surface area (Å²) in [7, 11) is 1.65. The zero-order chi connectivity index (χ0) is 26.1. The zero-order valence-corrected chi connectivity index (χ0v) is 21.7. The molecule has 5 rings (SSSR count). The Bertz CT molecular complexity index is 1610. The van der Waals surface area contributed by atoms with E-state index in [1.165, 1.54) is 0 Å².